The van der Waals surface area contributed by atoms with E-state index in [1.54, 1.807) is 4.90 Å². The Morgan fingerprint density at radius 2 is 1.64 bits per heavy atom. The van der Waals surface area contributed by atoms with Crippen molar-refractivity contribution >= 4 is 27.7 Å². The van der Waals surface area contributed by atoms with Crippen LogP contribution in [0.25, 0.3) is 0 Å². The number of amides is 2. The molecule has 0 radical (unpaired) electrons. The van der Waals surface area contributed by atoms with Gasteiger partial charge in [-0.3, -0.25) is 9.59 Å². The molecule has 1 N–H and O–H groups in total. The van der Waals surface area contributed by atoms with Gasteiger partial charge < -0.3 is 15.0 Å². The van der Waals surface area contributed by atoms with E-state index in [0.717, 1.165) is 39.6 Å². The molecule has 1 atom stereocenters. The minimum atomic E-state index is -0.668. The van der Waals surface area contributed by atoms with E-state index < -0.39 is 6.04 Å². The minimum absolute atomic E-state index is 0.148. The summed E-state index contributed by atoms with van der Waals surface area (Å²) < 4.78 is 6.84. The summed E-state index contributed by atoms with van der Waals surface area (Å²) in [4.78, 5) is 28.7. The zero-order valence-electron chi connectivity index (χ0n) is 21.3. The molecule has 3 aromatic rings. The van der Waals surface area contributed by atoms with Crippen LogP contribution in [0, 0.1) is 13.8 Å². The Labute approximate surface area is 223 Å². The molecule has 0 aliphatic rings. The van der Waals surface area contributed by atoms with Crippen LogP contribution in [0.5, 0.6) is 5.75 Å². The van der Waals surface area contributed by atoms with Crippen LogP contribution in [0.1, 0.15) is 42.0 Å². The number of carbonyl (C=O) groups is 2. The number of nitrogens with zero attached hydrogens (tertiary/aromatic N) is 1. The molecule has 0 saturated carbocycles. The van der Waals surface area contributed by atoms with E-state index in [-0.39, 0.29) is 18.4 Å². The third kappa shape index (κ3) is 8.52. The second-order valence-corrected chi connectivity index (χ2v) is 10.0. The quantitative estimate of drug-likeness (QED) is 0.281. The summed E-state index contributed by atoms with van der Waals surface area (Å²) in [6.45, 7) is 6.81. The summed E-state index contributed by atoms with van der Waals surface area (Å²) in [5.41, 5.74) is 4.07. The average molecular weight is 552 g/mol. The minimum Gasteiger partial charge on any atom is -0.484 e. The number of carbonyl (C=O) groups excluding carboxylic acids is 2. The molecule has 0 saturated heterocycles. The fraction of sp³-hybridized carbons (Fsp3) is 0.333. The van der Waals surface area contributed by atoms with Crippen molar-refractivity contribution < 1.29 is 14.3 Å². The van der Waals surface area contributed by atoms with Crippen LogP contribution in [-0.4, -0.2) is 35.9 Å². The predicted molar refractivity (Wildman–Crippen MR) is 148 cm³/mol. The lowest BCUT2D eigenvalue weighted by Gasteiger charge is -2.31. The zero-order valence-corrected chi connectivity index (χ0v) is 22.9. The molecule has 6 heteroatoms. The van der Waals surface area contributed by atoms with Crippen LogP contribution in [-0.2, 0) is 22.6 Å². The van der Waals surface area contributed by atoms with Gasteiger partial charge in [-0.25, -0.2) is 0 Å². The first-order valence-electron chi connectivity index (χ1n) is 12.4. The topological polar surface area (TPSA) is 58.6 Å². The van der Waals surface area contributed by atoms with Crippen molar-refractivity contribution in [1.82, 2.24) is 10.2 Å². The SMILES string of the molecule is CCCCNC(=O)[C@H](Cc1ccccc1)N(Cc1cccc(Br)c1)C(=O)COc1cc(C)cc(C)c1. The van der Waals surface area contributed by atoms with Crippen molar-refractivity contribution in [2.45, 2.75) is 52.6 Å². The molecule has 2 amide bonds. The Bertz CT molecular complexity index is 1130. The van der Waals surface area contributed by atoms with Gasteiger partial charge >= 0.3 is 0 Å². The Morgan fingerprint density at radius 3 is 2.31 bits per heavy atom. The van der Waals surface area contributed by atoms with Gasteiger partial charge in [-0.05, 0) is 66.8 Å². The highest BCUT2D eigenvalue weighted by Crippen LogP contribution is 2.20. The van der Waals surface area contributed by atoms with Gasteiger partial charge in [0.05, 0.1) is 0 Å². The molecule has 0 aliphatic heterocycles. The maximum atomic E-state index is 13.7. The maximum Gasteiger partial charge on any atom is 0.261 e. The van der Waals surface area contributed by atoms with E-state index in [0.29, 0.717) is 25.3 Å². The first-order chi connectivity index (χ1) is 17.4. The second-order valence-electron chi connectivity index (χ2n) is 9.11. The van der Waals surface area contributed by atoms with Gasteiger partial charge in [0.15, 0.2) is 6.61 Å². The van der Waals surface area contributed by atoms with E-state index in [1.807, 2.05) is 80.6 Å². The van der Waals surface area contributed by atoms with Crippen LogP contribution >= 0.6 is 15.9 Å². The number of hydrogen-bond acceptors (Lipinski definition) is 3. The molecule has 3 rings (SSSR count). The lowest BCUT2D eigenvalue weighted by Crippen LogP contribution is -2.51. The molecule has 5 nitrogen and oxygen atoms in total. The summed E-state index contributed by atoms with van der Waals surface area (Å²) in [6, 6.07) is 22.8. The summed E-state index contributed by atoms with van der Waals surface area (Å²) in [5, 5.41) is 3.04. The summed E-state index contributed by atoms with van der Waals surface area (Å²) in [6.07, 6.45) is 2.29. The summed E-state index contributed by atoms with van der Waals surface area (Å²) in [5.74, 6) is 0.262. The first-order valence-corrected chi connectivity index (χ1v) is 13.2. The Hall–Kier alpha value is -3.12. The number of halogens is 1. The number of ether oxygens (including phenoxy) is 1. The van der Waals surface area contributed by atoms with E-state index in [2.05, 4.69) is 34.2 Å². The lowest BCUT2D eigenvalue weighted by atomic mass is 10.0. The average Bonchev–Trinajstić information content (AvgIpc) is 2.85. The number of rotatable bonds is 12. The Kier molecular flexibility index (Phi) is 10.6. The van der Waals surface area contributed by atoms with Crippen molar-refractivity contribution in [2.24, 2.45) is 0 Å². The number of unbranched alkanes of at least 4 members (excludes halogenated alkanes) is 1. The van der Waals surface area contributed by atoms with Crippen molar-refractivity contribution in [1.29, 1.82) is 0 Å². The van der Waals surface area contributed by atoms with E-state index in [9.17, 15) is 9.59 Å². The Balaban J connectivity index is 1.89. The van der Waals surface area contributed by atoms with Crippen LogP contribution in [0.2, 0.25) is 0 Å². The smallest absolute Gasteiger partial charge is 0.261 e. The molecule has 0 aliphatic carbocycles. The third-order valence-corrected chi connectivity index (χ3v) is 6.39. The van der Waals surface area contributed by atoms with Crippen molar-refractivity contribution in [2.75, 3.05) is 13.2 Å². The highest BCUT2D eigenvalue weighted by Gasteiger charge is 2.30. The number of aryl methyl sites for hydroxylation is 2. The molecule has 3 aromatic carbocycles. The highest BCUT2D eigenvalue weighted by molar-refractivity contribution is 9.10. The molecule has 0 bridgehead atoms. The fourth-order valence-corrected chi connectivity index (χ4v) is 4.58. The van der Waals surface area contributed by atoms with E-state index in [1.165, 1.54) is 0 Å². The van der Waals surface area contributed by atoms with Crippen molar-refractivity contribution in [3.05, 3.63) is 99.5 Å². The van der Waals surface area contributed by atoms with E-state index in [4.69, 9.17) is 4.74 Å². The molecule has 190 valence electrons. The molecule has 0 heterocycles. The van der Waals surface area contributed by atoms with Crippen LogP contribution in [0.4, 0.5) is 0 Å². The van der Waals surface area contributed by atoms with Gasteiger partial charge in [0.1, 0.15) is 11.8 Å². The second kappa shape index (κ2) is 13.8. The van der Waals surface area contributed by atoms with Gasteiger partial charge in [-0.15, -0.1) is 0 Å². The number of nitrogens with one attached hydrogen (secondary N) is 1. The standard InChI is InChI=1S/C30H35BrN2O3/c1-4-5-14-32-30(35)28(19-24-10-7-6-8-11-24)33(20-25-12-9-13-26(31)18-25)29(34)21-36-27-16-22(2)15-23(3)17-27/h6-13,15-18,28H,4-5,14,19-21H2,1-3H3,(H,32,35)/t28-/m0/s1. The third-order valence-electron chi connectivity index (χ3n) is 5.90. The largest absolute Gasteiger partial charge is 0.484 e. The maximum absolute atomic E-state index is 13.7. The molecule has 36 heavy (non-hydrogen) atoms. The van der Waals surface area contributed by atoms with Crippen LogP contribution in [0.15, 0.2) is 77.3 Å². The monoisotopic (exact) mass is 550 g/mol. The van der Waals surface area contributed by atoms with Gasteiger partial charge in [-0.2, -0.15) is 0 Å². The van der Waals surface area contributed by atoms with Crippen LogP contribution in [0.3, 0.4) is 0 Å². The molecule has 0 fully saturated rings. The molecular weight excluding hydrogens is 516 g/mol. The van der Waals surface area contributed by atoms with Gasteiger partial charge in [0.2, 0.25) is 5.91 Å². The zero-order chi connectivity index (χ0) is 25.9. The fourth-order valence-electron chi connectivity index (χ4n) is 4.14. The van der Waals surface area contributed by atoms with Crippen molar-refractivity contribution in [3.63, 3.8) is 0 Å². The molecule has 0 unspecified atom stereocenters. The molecule has 0 aromatic heterocycles. The molecule has 0 spiro atoms. The normalized spacial score (nSPS) is 11.6. The first kappa shape index (κ1) is 27.5. The van der Waals surface area contributed by atoms with Gasteiger partial charge in [0, 0.05) is 24.0 Å². The summed E-state index contributed by atoms with van der Waals surface area (Å²) in [7, 11) is 0. The van der Waals surface area contributed by atoms with Crippen molar-refractivity contribution in [3.8, 4) is 5.75 Å². The van der Waals surface area contributed by atoms with Crippen LogP contribution < -0.4 is 10.1 Å². The van der Waals surface area contributed by atoms with E-state index >= 15 is 0 Å². The predicted octanol–water partition coefficient (Wildman–Crippen LogP) is 6.00. The highest BCUT2D eigenvalue weighted by atomic mass is 79.9. The lowest BCUT2D eigenvalue weighted by molar-refractivity contribution is -0.142. The summed E-state index contributed by atoms with van der Waals surface area (Å²) >= 11 is 3.52. The van der Waals surface area contributed by atoms with Gasteiger partial charge in [0.25, 0.3) is 5.91 Å². The number of benzene rings is 3. The number of hydrogen-bond donors (Lipinski definition) is 1. The van der Waals surface area contributed by atoms with Gasteiger partial charge in [-0.1, -0.05) is 77.8 Å². The Morgan fingerprint density at radius 1 is 0.944 bits per heavy atom. The molecular formula is C30H35BrN2O3.